The number of rotatable bonds is 5. The van der Waals surface area contributed by atoms with Gasteiger partial charge in [0.1, 0.15) is 11.5 Å². The average molecular weight is 509 g/mol. The van der Waals surface area contributed by atoms with E-state index in [-0.39, 0.29) is 5.78 Å². The van der Waals surface area contributed by atoms with Crippen LogP contribution in [-0.4, -0.2) is 60.2 Å². The van der Waals surface area contributed by atoms with E-state index in [0.29, 0.717) is 39.6 Å². The molecule has 4 aromatic rings. The number of ketones is 1. The van der Waals surface area contributed by atoms with Gasteiger partial charge in [0.2, 0.25) is 0 Å². The van der Waals surface area contributed by atoms with Crippen molar-refractivity contribution in [2.45, 2.75) is 6.42 Å². The fraction of sp³-hybridized carbons (Fsp3) is 0.214. The molecule has 0 spiro atoms. The van der Waals surface area contributed by atoms with E-state index in [1.165, 1.54) is 10.0 Å². The van der Waals surface area contributed by atoms with E-state index in [1.54, 1.807) is 37.5 Å². The van der Waals surface area contributed by atoms with Crippen molar-refractivity contribution in [1.29, 1.82) is 0 Å². The molecule has 2 aliphatic rings. The summed E-state index contributed by atoms with van der Waals surface area (Å²) in [4.78, 5) is 33.2. The highest BCUT2D eigenvalue weighted by Crippen LogP contribution is 2.44. The number of amides is 2. The lowest BCUT2D eigenvalue weighted by Crippen LogP contribution is -2.48. The van der Waals surface area contributed by atoms with E-state index in [4.69, 9.17) is 5.73 Å². The van der Waals surface area contributed by atoms with Gasteiger partial charge in [-0.15, -0.1) is 0 Å². The summed E-state index contributed by atoms with van der Waals surface area (Å²) in [6.45, 7) is 3.95. The second-order valence-corrected chi connectivity index (χ2v) is 9.35. The van der Waals surface area contributed by atoms with Crippen LogP contribution < -0.4 is 26.0 Å². The standard InChI is InChI=1S/C28H28N8O2/c1-34(22-8-2-3-14-31-22)36(28(29)38)21-7-4-6-20-23(21)27(37)24-25(32-33-26(20)24)18-9-11-19(12-10-18)35-16-5-13-30-15-17-35/h2-4,6-12,14,30H,5,13,15-17H2,1H3,(H2,29,38)(H,32,33). The zero-order valence-electron chi connectivity index (χ0n) is 21.0. The maximum atomic E-state index is 13.9. The molecule has 10 nitrogen and oxygen atoms in total. The maximum Gasteiger partial charge on any atom is 0.338 e. The summed E-state index contributed by atoms with van der Waals surface area (Å²) in [5.41, 5.74) is 11.0. The van der Waals surface area contributed by atoms with Crippen molar-refractivity contribution in [2.24, 2.45) is 5.73 Å². The molecule has 10 heteroatoms. The first-order valence-electron chi connectivity index (χ1n) is 12.6. The predicted molar refractivity (Wildman–Crippen MR) is 147 cm³/mol. The number of aromatic amines is 1. The maximum absolute atomic E-state index is 13.9. The second kappa shape index (κ2) is 9.64. The van der Waals surface area contributed by atoms with Crippen molar-refractivity contribution < 1.29 is 9.59 Å². The minimum atomic E-state index is -0.729. The van der Waals surface area contributed by atoms with Gasteiger partial charge in [0.15, 0.2) is 5.78 Å². The molecule has 1 fully saturated rings. The number of carbonyl (C=O) groups excluding carboxylic acids is 2. The number of hydrazine groups is 1. The van der Waals surface area contributed by atoms with Crippen molar-refractivity contribution in [3.8, 4) is 22.5 Å². The molecule has 1 aliphatic carbocycles. The molecule has 192 valence electrons. The number of hydrogen-bond acceptors (Lipinski definition) is 7. The van der Waals surface area contributed by atoms with Gasteiger partial charge in [0.25, 0.3) is 0 Å². The zero-order chi connectivity index (χ0) is 26.2. The van der Waals surface area contributed by atoms with Gasteiger partial charge < -0.3 is 16.0 Å². The van der Waals surface area contributed by atoms with Gasteiger partial charge in [0, 0.05) is 49.7 Å². The number of H-pyrrole nitrogens is 1. The minimum absolute atomic E-state index is 0.210. The van der Waals surface area contributed by atoms with Crippen molar-refractivity contribution in [2.75, 3.05) is 48.1 Å². The molecular formula is C28H28N8O2. The van der Waals surface area contributed by atoms with Crippen LogP contribution in [0.2, 0.25) is 0 Å². The van der Waals surface area contributed by atoms with E-state index >= 15 is 0 Å². The topological polar surface area (TPSA) is 123 Å². The SMILES string of the molecule is CN(c1ccccn1)N(C(N)=O)c1cccc2c1C(=O)c1c(-c3ccc(N4CCCNCC4)cc3)n[nH]c1-2. The van der Waals surface area contributed by atoms with Gasteiger partial charge in [-0.3, -0.25) is 14.9 Å². The summed E-state index contributed by atoms with van der Waals surface area (Å²) >= 11 is 0. The Morgan fingerprint density at radius 1 is 1.00 bits per heavy atom. The van der Waals surface area contributed by atoms with E-state index in [0.717, 1.165) is 43.9 Å². The molecule has 2 aromatic carbocycles. The predicted octanol–water partition coefficient (Wildman–Crippen LogP) is 3.42. The zero-order valence-corrected chi connectivity index (χ0v) is 21.0. The third-order valence-corrected chi connectivity index (χ3v) is 7.10. The summed E-state index contributed by atoms with van der Waals surface area (Å²) in [6.07, 6.45) is 2.73. The number of nitrogens with one attached hydrogen (secondary N) is 2. The van der Waals surface area contributed by atoms with Crippen LogP contribution in [0.1, 0.15) is 22.3 Å². The number of hydrogen-bond donors (Lipinski definition) is 3. The minimum Gasteiger partial charge on any atom is -0.370 e. The number of pyridine rings is 1. The average Bonchev–Trinajstić information content (AvgIpc) is 3.36. The smallest absolute Gasteiger partial charge is 0.338 e. The number of benzene rings is 2. The molecule has 2 amide bonds. The van der Waals surface area contributed by atoms with Gasteiger partial charge in [-0.25, -0.2) is 14.8 Å². The van der Waals surface area contributed by atoms with Gasteiger partial charge in [-0.1, -0.05) is 30.3 Å². The number of primary amides is 1. The molecule has 3 heterocycles. The van der Waals surface area contributed by atoms with Crippen LogP contribution in [-0.2, 0) is 0 Å². The molecule has 0 unspecified atom stereocenters. The van der Waals surface area contributed by atoms with Crippen LogP contribution in [0.4, 0.5) is 22.0 Å². The van der Waals surface area contributed by atoms with Gasteiger partial charge in [0.05, 0.1) is 22.5 Å². The molecule has 38 heavy (non-hydrogen) atoms. The highest BCUT2D eigenvalue weighted by molar-refractivity contribution is 6.27. The number of nitrogens with zero attached hydrogens (tertiary/aromatic N) is 5. The number of carbonyl (C=O) groups is 2. The quantitative estimate of drug-likeness (QED) is 0.311. The molecule has 0 saturated carbocycles. The first kappa shape index (κ1) is 23.7. The fourth-order valence-corrected chi connectivity index (χ4v) is 5.27. The first-order chi connectivity index (χ1) is 18.5. The Balaban J connectivity index is 1.36. The Bertz CT molecular complexity index is 1490. The molecule has 0 bridgehead atoms. The van der Waals surface area contributed by atoms with E-state index in [9.17, 15) is 9.59 Å². The lowest BCUT2D eigenvalue weighted by molar-refractivity contribution is 0.104. The van der Waals surface area contributed by atoms with E-state index < -0.39 is 6.03 Å². The normalized spacial score (nSPS) is 14.6. The Morgan fingerprint density at radius 3 is 2.61 bits per heavy atom. The van der Waals surface area contributed by atoms with E-state index in [1.807, 2.05) is 24.3 Å². The van der Waals surface area contributed by atoms with Crippen molar-refractivity contribution in [1.82, 2.24) is 20.5 Å². The third-order valence-electron chi connectivity index (χ3n) is 7.10. The highest BCUT2D eigenvalue weighted by atomic mass is 16.2. The van der Waals surface area contributed by atoms with Crippen LogP contribution in [0.15, 0.2) is 66.9 Å². The molecule has 0 radical (unpaired) electrons. The Morgan fingerprint density at radius 2 is 1.84 bits per heavy atom. The van der Waals surface area contributed by atoms with Crippen LogP contribution >= 0.6 is 0 Å². The molecule has 1 aliphatic heterocycles. The second-order valence-electron chi connectivity index (χ2n) is 9.35. The van der Waals surface area contributed by atoms with Crippen molar-refractivity contribution in [3.63, 3.8) is 0 Å². The summed E-state index contributed by atoms with van der Waals surface area (Å²) in [5.74, 6) is 0.299. The summed E-state index contributed by atoms with van der Waals surface area (Å²) in [7, 11) is 1.68. The van der Waals surface area contributed by atoms with Crippen LogP contribution in [0.25, 0.3) is 22.5 Å². The lowest BCUT2D eigenvalue weighted by Gasteiger charge is -2.32. The third kappa shape index (κ3) is 3.95. The van der Waals surface area contributed by atoms with Gasteiger partial charge >= 0.3 is 6.03 Å². The molecule has 0 atom stereocenters. The van der Waals surface area contributed by atoms with Crippen LogP contribution in [0.3, 0.4) is 0 Å². The van der Waals surface area contributed by atoms with Crippen molar-refractivity contribution in [3.05, 3.63) is 78.0 Å². The highest BCUT2D eigenvalue weighted by Gasteiger charge is 2.37. The summed E-state index contributed by atoms with van der Waals surface area (Å²) in [5, 5.41) is 13.8. The summed E-state index contributed by atoms with van der Waals surface area (Å²) in [6, 6.07) is 18.2. The van der Waals surface area contributed by atoms with Crippen LogP contribution in [0.5, 0.6) is 0 Å². The fourth-order valence-electron chi connectivity index (χ4n) is 5.27. The molecule has 1 saturated heterocycles. The first-order valence-corrected chi connectivity index (χ1v) is 12.6. The number of urea groups is 1. The van der Waals surface area contributed by atoms with Crippen LogP contribution in [0, 0.1) is 0 Å². The molecule has 6 rings (SSSR count). The monoisotopic (exact) mass is 508 g/mol. The number of fused-ring (bicyclic) bond motifs is 3. The van der Waals surface area contributed by atoms with Gasteiger partial charge in [-0.2, -0.15) is 5.10 Å². The molecular weight excluding hydrogens is 480 g/mol. The number of anilines is 3. The number of aromatic nitrogens is 3. The van der Waals surface area contributed by atoms with Crippen molar-refractivity contribution >= 4 is 29.0 Å². The largest absolute Gasteiger partial charge is 0.370 e. The summed E-state index contributed by atoms with van der Waals surface area (Å²) < 4.78 is 0. The lowest BCUT2D eigenvalue weighted by atomic mass is 10.0. The Kier molecular flexibility index (Phi) is 6.01. The Labute approximate surface area is 220 Å². The van der Waals surface area contributed by atoms with Gasteiger partial charge in [-0.05, 0) is 43.3 Å². The number of nitrogens with two attached hydrogens (primary N) is 1. The molecule has 4 N–H and O–H groups in total. The Hall–Kier alpha value is -4.70. The van der Waals surface area contributed by atoms with E-state index in [2.05, 4.69) is 37.5 Å². The molecule has 2 aromatic heterocycles.